The van der Waals surface area contributed by atoms with Crippen LogP contribution in [-0.2, 0) is 41.6 Å². The van der Waals surface area contributed by atoms with Crippen molar-refractivity contribution in [3.8, 4) is 34.7 Å². The molecule has 2 saturated heterocycles. The van der Waals surface area contributed by atoms with Crippen LogP contribution in [0.1, 0.15) is 11.1 Å². The van der Waals surface area contributed by atoms with Gasteiger partial charge < -0.3 is 59.8 Å². The molecule has 0 atom stereocenters. The molecule has 10 rings (SSSR count). The zero-order valence-corrected chi connectivity index (χ0v) is 43.1. The number of hydrogen-bond acceptors (Lipinski definition) is 24. The lowest BCUT2D eigenvalue weighted by Gasteiger charge is -2.26. The van der Waals surface area contributed by atoms with Gasteiger partial charge in [-0.3, -0.25) is 9.80 Å². The molecule has 2 aliphatic heterocycles. The van der Waals surface area contributed by atoms with Gasteiger partial charge in [0.25, 0.3) is 16.7 Å². The smallest absolute Gasteiger partial charge is 0.259 e. The molecule has 0 radical (unpaired) electrons. The zero-order chi connectivity index (χ0) is 53.0. The summed E-state index contributed by atoms with van der Waals surface area (Å²) in [4.78, 5) is 29.3. The maximum absolute atomic E-state index is 11.4. The van der Waals surface area contributed by atoms with Gasteiger partial charge >= 0.3 is 0 Å². The molecule has 0 saturated carbocycles. The number of nitrogens with two attached hydrogens (primary N) is 3. The van der Waals surface area contributed by atoms with Crippen LogP contribution in [0.15, 0.2) is 99.3 Å². The van der Waals surface area contributed by atoms with Crippen LogP contribution in [0.5, 0.6) is 11.5 Å². The normalized spacial score (nSPS) is 14.2. The number of rotatable bonds is 23. The van der Waals surface area contributed by atoms with Crippen molar-refractivity contribution in [2.75, 3.05) is 141 Å². The molecule has 2 aliphatic rings. The van der Waals surface area contributed by atoms with Crippen molar-refractivity contribution in [1.82, 2.24) is 58.9 Å². The Bertz CT molecular complexity index is 3080. The predicted molar refractivity (Wildman–Crippen MR) is 279 cm³/mol. The molecule has 7 N–H and O–H groups in total. The fourth-order valence-electron chi connectivity index (χ4n) is 7.52. The molecule has 27 heteroatoms. The first-order chi connectivity index (χ1) is 37.1. The Hall–Kier alpha value is -7.37. The summed E-state index contributed by atoms with van der Waals surface area (Å²) in [6, 6.07) is 23.0. The maximum Gasteiger partial charge on any atom is 0.259 e. The van der Waals surface area contributed by atoms with Gasteiger partial charge in [0, 0.05) is 52.1 Å². The maximum atomic E-state index is 11.4. The van der Waals surface area contributed by atoms with E-state index < -0.39 is 15.0 Å². The van der Waals surface area contributed by atoms with Crippen molar-refractivity contribution in [1.29, 1.82) is 0 Å². The number of hydrogen-bond donors (Lipinski definition) is 4. The SMILES string of the molecule is CS(=O)(=O)c1nc(N)n2nc(-c3ccco3)nc2n1.NCCc1ccc(OCCOCCN2CCOCC2)cc1.Nc1nc(NCCc2ccc(OCCOCCN3CCOCC3)cc2)nc2nc(-c3ccco3)nn12. The van der Waals surface area contributed by atoms with Crippen molar-refractivity contribution < 1.29 is 45.7 Å². The Kier molecular flexibility index (Phi) is 20.2. The largest absolute Gasteiger partial charge is 0.491 e. The molecule has 6 aromatic heterocycles. The summed E-state index contributed by atoms with van der Waals surface area (Å²) in [5.41, 5.74) is 19.6. The lowest BCUT2D eigenvalue weighted by atomic mass is 10.1. The van der Waals surface area contributed by atoms with E-state index in [1.54, 1.807) is 30.5 Å². The third kappa shape index (κ3) is 16.6. The van der Waals surface area contributed by atoms with Crippen molar-refractivity contribution >= 4 is 39.2 Å². The lowest BCUT2D eigenvalue weighted by molar-refractivity contribution is 0.0169. The van der Waals surface area contributed by atoms with Gasteiger partial charge in [0.15, 0.2) is 11.5 Å². The minimum atomic E-state index is -3.57. The van der Waals surface area contributed by atoms with E-state index in [1.165, 1.54) is 16.3 Å². The highest BCUT2D eigenvalue weighted by Gasteiger charge is 2.19. The van der Waals surface area contributed by atoms with Crippen molar-refractivity contribution in [2.24, 2.45) is 5.73 Å². The van der Waals surface area contributed by atoms with Crippen molar-refractivity contribution in [3.63, 3.8) is 0 Å². The standard InChI is InChI=1S/C24H30N8O4.C16H26N2O3.C9H8N6O3S/c25-22-28-23(29-24-27-21(30-32(22)24)20-2-1-12-36-20)26-8-7-18-3-5-19(6-4-18)35-17-16-34-15-11-31-9-13-33-14-10-31;17-6-5-15-1-3-16(4-2-15)21-14-13-20-12-9-18-7-10-19-11-8-18;1-19(16,17)9-12-7(10)15-8(13-9)11-6(14-15)5-3-2-4-18-5/h1-6,12H,7-11,13-17H2,(H3,25,26,27,28,29,30);1-4H,5-14,17H2;2-4H,1H3,(H2,10,11,12,13,14). The first-order valence-electron chi connectivity index (χ1n) is 24.8. The third-order valence-electron chi connectivity index (χ3n) is 11.5. The number of morpholine rings is 2. The molecule has 406 valence electrons. The Morgan fingerprint density at radius 3 is 1.55 bits per heavy atom. The number of sulfone groups is 1. The van der Waals surface area contributed by atoms with E-state index in [1.807, 2.05) is 36.4 Å². The molecule has 0 bridgehead atoms. The predicted octanol–water partition coefficient (Wildman–Crippen LogP) is 2.42. The average molecular weight is 1070 g/mol. The Labute approximate surface area is 438 Å². The van der Waals surface area contributed by atoms with Crippen LogP contribution in [0, 0.1) is 0 Å². The highest BCUT2D eigenvalue weighted by Crippen LogP contribution is 2.20. The number of benzene rings is 2. The number of nitrogens with zero attached hydrogens (tertiary/aromatic N) is 12. The van der Waals surface area contributed by atoms with E-state index in [-0.39, 0.29) is 23.5 Å². The van der Waals surface area contributed by atoms with Crippen molar-refractivity contribution in [3.05, 3.63) is 96.4 Å². The van der Waals surface area contributed by atoms with Gasteiger partial charge in [0.2, 0.25) is 39.3 Å². The summed E-state index contributed by atoms with van der Waals surface area (Å²) >= 11 is 0. The molecule has 2 fully saturated rings. The van der Waals surface area contributed by atoms with Crippen LogP contribution < -0.4 is 32.0 Å². The Morgan fingerprint density at radius 1 is 0.592 bits per heavy atom. The minimum Gasteiger partial charge on any atom is -0.491 e. The number of anilines is 3. The van der Waals surface area contributed by atoms with E-state index >= 15 is 0 Å². The number of nitrogen functional groups attached to an aromatic ring is 2. The topological polar surface area (TPSA) is 324 Å². The van der Waals surface area contributed by atoms with Gasteiger partial charge in [-0.05, 0) is 79.0 Å². The summed E-state index contributed by atoms with van der Waals surface area (Å²) in [6.07, 6.45) is 5.71. The minimum absolute atomic E-state index is 0.0410. The average Bonchev–Trinajstić information content (AvgIpc) is 4.30. The quantitative estimate of drug-likeness (QED) is 0.0668. The molecule has 0 aliphatic carbocycles. The highest BCUT2D eigenvalue weighted by molar-refractivity contribution is 7.90. The summed E-state index contributed by atoms with van der Waals surface area (Å²) in [7, 11) is -3.57. The number of aromatic nitrogens is 10. The number of ether oxygens (including phenoxy) is 6. The zero-order valence-electron chi connectivity index (χ0n) is 42.3. The first kappa shape index (κ1) is 54.9. The second-order valence-electron chi connectivity index (χ2n) is 17.1. The third-order valence-corrected chi connectivity index (χ3v) is 12.4. The number of furan rings is 2. The summed E-state index contributed by atoms with van der Waals surface area (Å²) in [5, 5.41) is 11.1. The molecule has 26 nitrogen and oxygen atoms in total. The molecule has 8 aromatic rings. The summed E-state index contributed by atoms with van der Waals surface area (Å²) < 4.78 is 69.2. The van der Waals surface area contributed by atoms with Gasteiger partial charge in [-0.15, -0.1) is 10.2 Å². The van der Waals surface area contributed by atoms with E-state index in [0.717, 1.165) is 113 Å². The molecule has 0 spiro atoms. The van der Waals surface area contributed by atoms with Gasteiger partial charge in [-0.25, -0.2) is 8.42 Å². The molecular formula is C49H64N16O10S. The molecule has 2 aromatic carbocycles. The number of fused-ring (bicyclic) bond motifs is 2. The Balaban J connectivity index is 0.000000163. The van der Waals surface area contributed by atoms with E-state index in [9.17, 15) is 8.42 Å². The van der Waals surface area contributed by atoms with Gasteiger partial charge in [0.1, 0.15) is 24.7 Å². The first-order valence-corrected chi connectivity index (χ1v) is 26.7. The van der Waals surface area contributed by atoms with E-state index in [2.05, 4.69) is 67.4 Å². The van der Waals surface area contributed by atoms with E-state index in [4.69, 9.17) is 54.5 Å². The molecular weight excluding hydrogens is 1000 g/mol. The molecule has 0 amide bonds. The lowest BCUT2D eigenvalue weighted by Crippen LogP contribution is -2.38. The fourth-order valence-corrected chi connectivity index (χ4v) is 8.03. The second-order valence-corrected chi connectivity index (χ2v) is 19.0. The van der Waals surface area contributed by atoms with Crippen LogP contribution in [0.4, 0.5) is 17.8 Å². The van der Waals surface area contributed by atoms with E-state index in [0.29, 0.717) is 75.2 Å². The highest BCUT2D eigenvalue weighted by atomic mass is 32.2. The monoisotopic (exact) mass is 1070 g/mol. The van der Waals surface area contributed by atoms with Gasteiger partial charge in [-0.1, -0.05) is 24.3 Å². The van der Waals surface area contributed by atoms with Crippen molar-refractivity contribution in [2.45, 2.75) is 18.0 Å². The fraction of sp³-hybridized carbons (Fsp3) is 0.429. The van der Waals surface area contributed by atoms with Gasteiger partial charge in [-0.2, -0.15) is 38.9 Å². The van der Waals surface area contributed by atoms with Crippen LogP contribution in [0.25, 0.3) is 34.7 Å². The van der Waals surface area contributed by atoms with Crippen LogP contribution in [0.3, 0.4) is 0 Å². The molecule has 8 heterocycles. The van der Waals surface area contributed by atoms with Gasteiger partial charge in [0.05, 0.1) is 65.4 Å². The van der Waals surface area contributed by atoms with Crippen LogP contribution in [0.2, 0.25) is 0 Å². The summed E-state index contributed by atoms with van der Waals surface area (Å²) in [6.45, 7) is 14.2. The molecule has 76 heavy (non-hydrogen) atoms. The van der Waals surface area contributed by atoms with Crippen LogP contribution >= 0.6 is 0 Å². The molecule has 0 unspecified atom stereocenters. The number of nitrogens with one attached hydrogen (secondary N) is 1. The summed E-state index contributed by atoms with van der Waals surface area (Å²) in [5.74, 6) is 4.18. The Morgan fingerprint density at radius 2 is 1.08 bits per heavy atom. The second kappa shape index (κ2) is 28.0. The van der Waals surface area contributed by atoms with Crippen LogP contribution in [-0.4, -0.2) is 192 Å².